The quantitative estimate of drug-likeness (QED) is 0.638. The van der Waals surface area contributed by atoms with Crippen molar-refractivity contribution in [1.82, 2.24) is 4.57 Å². The van der Waals surface area contributed by atoms with Crippen LogP contribution in [0.3, 0.4) is 0 Å². The van der Waals surface area contributed by atoms with E-state index < -0.39 is 17.7 Å². The van der Waals surface area contributed by atoms with Crippen LogP contribution in [0.4, 0.5) is 4.39 Å². The zero-order valence-electron chi connectivity index (χ0n) is 14.0. The van der Waals surface area contributed by atoms with Crippen LogP contribution in [0.5, 0.6) is 0 Å². The summed E-state index contributed by atoms with van der Waals surface area (Å²) in [6.45, 7) is 1.87. The Morgan fingerprint density at radius 1 is 1.27 bits per heavy atom. The summed E-state index contributed by atoms with van der Waals surface area (Å²) in [5.41, 5.74) is 1.90. The van der Waals surface area contributed by atoms with E-state index in [1.54, 1.807) is 4.57 Å². The Morgan fingerprint density at radius 3 is 2.73 bits per heavy atom. The molecule has 0 aliphatic rings. The number of methoxy groups -OCH3 is 1. The van der Waals surface area contributed by atoms with Gasteiger partial charge in [0.15, 0.2) is 4.80 Å². The number of esters is 1. The molecule has 0 aliphatic carbocycles. The van der Waals surface area contributed by atoms with Crippen molar-refractivity contribution in [2.45, 2.75) is 13.5 Å². The van der Waals surface area contributed by atoms with Crippen molar-refractivity contribution in [3.05, 3.63) is 63.2 Å². The van der Waals surface area contributed by atoms with Gasteiger partial charge in [-0.3, -0.25) is 9.59 Å². The number of carbonyl (C=O) groups excluding carboxylic acids is 2. The number of amides is 1. The van der Waals surface area contributed by atoms with Gasteiger partial charge in [-0.15, -0.1) is 0 Å². The third kappa shape index (κ3) is 3.68. The number of nitrogens with zero attached hydrogens (tertiary/aromatic N) is 2. The molecule has 5 nitrogen and oxygen atoms in total. The predicted molar refractivity (Wildman–Crippen MR) is 97.9 cm³/mol. The monoisotopic (exact) mass is 392 g/mol. The molecule has 0 saturated heterocycles. The molecule has 3 rings (SSSR count). The molecule has 0 fully saturated rings. The first-order valence-electron chi connectivity index (χ1n) is 7.60. The number of benzene rings is 2. The minimum Gasteiger partial charge on any atom is -0.468 e. The van der Waals surface area contributed by atoms with Crippen molar-refractivity contribution in [3.63, 3.8) is 0 Å². The smallest absolute Gasteiger partial charge is 0.325 e. The fraction of sp³-hybridized carbons (Fsp3) is 0.167. The lowest BCUT2D eigenvalue weighted by molar-refractivity contribution is -0.141. The lowest BCUT2D eigenvalue weighted by Crippen LogP contribution is -2.22. The molecule has 8 heteroatoms. The highest BCUT2D eigenvalue weighted by molar-refractivity contribution is 7.16. The zero-order chi connectivity index (χ0) is 18.8. The van der Waals surface area contributed by atoms with Crippen LogP contribution in [0.15, 0.2) is 41.4 Å². The lowest BCUT2D eigenvalue weighted by Gasteiger charge is -2.04. The highest BCUT2D eigenvalue weighted by atomic mass is 35.5. The Bertz CT molecular complexity index is 1090. The second kappa shape index (κ2) is 7.39. The first-order valence-corrected chi connectivity index (χ1v) is 8.79. The van der Waals surface area contributed by atoms with Gasteiger partial charge in [0.05, 0.1) is 27.9 Å². The highest BCUT2D eigenvalue weighted by Crippen LogP contribution is 2.21. The summed E-state index contributed by atoms with van der Waals surface area (Å²) in [5, 5.41) is -0.0183. The Balaban J connectivity index is 2.15. The third-order valence-electron chi connectivity index (χ3n) is 3.71. The molecule has 134 valence electrons. The molecule has 0 bridgehead atoms. The molecule has 0 aliphatic heterocycles. The molecule has 1 heterocycles. The number of hydrogen-bond donors (Lipinski definition) is 0. The number of ether oxygens (including phenoxy) is 1. The Morgan fingerprint density at radius 2 is 2.04 bits per heavy atom. The maximum Gasteiger partial charge on any atom is 0.325 e. The van der Waals surface area contributed by atoms with E-state index in [1.807, 2.05) is 25.1 Å². The van der Waals surface area contributed by atoms with Gasteiger partial charge >= 0.3 is 5.97 Å². The van der Waals surface area contributed by atoms with E-state index in [1.165, 1.54) is 24.5 Å². The van der Waals surface area contributed by atoms with Crippen molar-refractivity contribution in [3.8, 4) is 0 Å². The molecular formula is C18H14ClFN2O3S. The van der Waals surface area contributed by atoms with Gasteiger partial charge in [-0.05, 0) is 42.8 Å². The van der Waals surface area contributed by atoms with Crippen molar-refractivity contribution >= 4 is 45.0 Å². The topological polar surface area (TPSA) is 60.7 Å². The number of hydrogen-bond acceptors (Lipinski definition) is 4. The van der Waals surface area contributed by atoms with E-state index in [0.29, 0.717) is 4.80 Å². The van der Waals surface area contributed by atoms with Crippen LogP contribution in [0.25, 0.3) is 10.2 Å². The summed E-state index contributed by atoms with van der Waals surface area (Å²) in [6, 6.07) is 9.20. The molecule has 0 atom stereocenters. The Hall–Kier alpha value is -2.51. The number of rotatable bonds is 3. The van der Waals surface area contributed by atoms with Gasteiger partial charge in [0.2, 0.25) is 0 Å². The molecule has 1 aromatic heterocycles. The van der Waals surface area contributed by atoms with Gasteiger partial charge < -0.3 is 9.30 Å². The van der Waals surface area contributed by atoms with Gasteiger partial charge in [0.25, 0.3) is 5.91 Å². The summed E-state index contributed by atoms with van der Waals surface area (Å²) in [4.78, 5) is 28.7. The molecule has 0 N–H and O–H groups in total. The fourth-order valence-corrected chi connectivity index (χ4v) is 3.80. The van der Waals surface area contributed by atoms with E-state index in [2.05, 4.69) is 4.99 Å². The van der Waals surface area contributed by atoms with Crippen molar-refractivity contribution < 1.29 is 18.7 Å². The fourth-order valence-electron chi connectivity index (χ4n) is 2.42. The standard InChI is InChI=1S/C18H14ClFN2O3S/c1-10-3-6-14-15(7-10)26-18(22(14)9-16(23)25-2)21-17(24)12-5-4-11(20)8-13(12)19/h3-8H,9H2,1-2H3. The normalized spacial score (nSPS) is 11.8. The molecule has 0 unspecified atom stereocenters. The maximum atomic E-state index is 13.2. The average molecular weight is 393 g/mol. The molecule has 0 spiro atoms. The van der Waals surface area contributed by atoms with E-state index in [0.717, 1.165) is 27.9 Å². The summed E-state index contributed by atoms with van der Waals surface area (Å²) < 4.78 is 20.4. The number of aryl methyl sites for hydroxylation is 1. The van der Waals surface area contributed by atoms with Crippen LogP contribution in [0.1, 0.15) is 15.9 Å². The maximum absolute atomic E-state index is 13.2. The minimum absolute atomic E-state index is 0.0183. The van der Waals surface area contributed by atoms with Crippen LogP contribution < -0.4 is 4.80 Å². The highest BCUT2D eigenvalue weighted by Gasteiger charge is 2.14. The van der Waals surface area contributed by atoms with E-state index in [9.17, 15) is 14.0 Å². The molecular weight excluding hydrogens is 379 g/mol. The number of carbonyl (C=O) groups is 2. The van der Waals surface area contributed by atoms with Gasteiger partial charge in [0.1, 0.15) is 12.4 Å². The first kappa shape index (κ1) is 18.3. The summed E-state index contributed by atoms with van der Waals surface area (Å²) in [5.74, 6) is -1.61. The number of fused-ring (bicyclic) bond motifs is 1. The largest absolute Gasteiger partial charge is 0.468 e. The average Bonchev–Trinajstić information content (AvgIpc) is 2.90. The van der Waals surface area contributed by atoms with Crippen LogP contribution in [-0.4, -0.2) is 23.6 Å². The number of thiazole rings is 1. The van der Waals surface area contributed by atoms with Crippen molar-refractivity contribution in [1.29, 1.82) is 0 Å². The van der Waals surface area contributed by atoms with Gasteiger partial charge in [-0.25, -0.2) is 4.39 Å². The van der Waals surface area contributed by atoms with Crippen molar-refractivity contribution in [2.75, 3.05) is 7.11 Å². The summed E-state index contributed by atoms with van der Waals surface area (Å²) in [7, 11) is 1.29. The Kier molecular flexibility index (Phi) is 5.20. The molecule has 3 aromatic rings. The van der Waals surface area contributed by atoms with Gasteiger partial charge in [-0.1, -0.05) is 29.0 Å². The summed E-state index contributed by atoms with van der Waals surface area (Å²) in [6.07, 6.45) is 0. The van der Waals surface area contributed by atoms with E-state index in [4.69, 9.17) is 16.3 Å². The number of aromatic nitrogens is 1. The molecule has 2 aromatic carbocycles. The van der Waals surface area contributed by atoms with Crippen LogP contribution in [-0.2, 0) is 16.1 Å². The second-order valence-corrected chi connectivity index (χ2v) is 6.98. The number of halogens is 2. The van der Waals surface area contributed by atoms with Gasteiger partial charge in [-0.2, -0.15) is 4.99 Å². The molecule has 0 radical (unpaired) electrons. The molecule has 0 saturated carbocycles. The van der Waals surface area contributed by atoms with Crippen LogP contribution >= 0.6 is 22.9 Å². The Labute approximate surface area is 157 Å². The summed E-state index contributed by atoms with van der Waals surface area (Å²) >= 11 is 7.21. The first-order chi connectivity index (χ1) is 12.4. The second-order valence-electron chi connectivity index (χ2n) is 5.56. The zero-order valence-corrected chi connectivity index (χ0v) is 15.5. The molecule has 1 amide bonds. The molecule has 26 heavy (non-hydrogen) atoms. The van der Waals surface area contributed by atoms with Crippen LogP contribution in [0.2, 0.25) is 5.02 Å². The van der Waals surface area contributed by atoms with E-state index in [-0.39, 0.29) is 17.1 Å². The van der Waals surface area contributed by atoms with Crippen molar-refractivity contribution in [2.24, 2.45) is 4.99 Å². The SMILES string of the molecule is COC(=O)Cn1c(=NC(=O)c2ccc(F)cc2Cl)sc2cc(C)ccc21. The minimum atomic E-state index is -0.614. The van der Waals surface area contributed by atoms with E-state index >= 15 is 0 Å². The lowest BCUT2D eigenvalue weighted by atomic mass is 10.2. The predicted octanol–water partition coefficient (Wildman–Crippen LogP) is 3.72. The van der Waals surface area contributed by atoms with Gasteiger partial charge in [0, 0.05) is 0 Å². The third-order valence-corrected chi connectivity index (χ3v) is 5.07. The van der Waals surface area contributed by atoms with Crippen LogP contribution in [0, 0.1) is 12.7 Å².